The molecule has 1 fully saturated rings. The quantitative estimate of drug-likeness (QED) is 0.618. The van der Waals surface area contributed by atoms with Gasteiger partial charge in [0.1, 0.15) is 0 Å². The van der Waals surface area contributed by atoms with Crippen LogP contribution >= 0.6 is 0 Å². The maximum Gasteiger partial charge on any atom is 0.275 e. The van der Waals surface area contributed by atoms with Crippen molar-refractivity contribution < 1.29 is 14.6 Å². The number of nitrogens with zero attached hydrogens (tertiary/aromatic N) is 3. The summed E-state index contributed by atoms with van der Waals surface area (Å²) in [6, 6.07) is 12.2. The molecule has 0 atom stereocenters. The molecule has 0 saturated heterocycles. The van der Waals surface area contributed by atoms with E-state index in [9.17, 15) is 14.7 Å². The molecule has 0 aliphatic heterocycles. The molecular formula is C24H26N4O4. The summed E-state index contributed by atoms with van der Waals surface area (Å²) in [5.41, 5.74) is 1.96. The number of nitrogens with one attached hydrogen (secondary N) is 1. The van der Waals surface area contributed by atoms with Crippen molar-refractivity contribution >= 4 is 5.91 Å². The molecule has 4 rings (SSSR count). The number of pyridine rings is 1. The standard InChI is InChI=1S/C24H26N4O4/c1-25-23(31)21-22(30)19(29)14-28(27-21)15-24(11-3-4-12-24)18-8-5-16(6-9-18)17-7-10-20(32-2)26-13-17/h5-10,13-14,29H,3-4,11-12,15H2,1-2H3,(H,25,31). The molecule has 1 aliphatic rings. The number of methoxy groups -OCH3 is 1. The van der Waals surface area contributed by atoms with E-state index >= 15 is 0 Å². The predicted octanol–water partition coefficient (Wildman–Crippen LogP) is 2.89. The number of rotatable bonds is 6. The molecule has 3 aromatic rings. The van der Waals surface area contributed by atoms with Crippen LogP contribution < -0.4 is 15.5 Å². The zero-order chi connectivity index (χ0) is 22.7. The summed E-state index contributed by atoms with van der Waals surface area (Å²) in [6.45, 7) is 0.467. The maximum atomic E-state index is 12.1. The number of hydrogen-bond acceptors (Lipinski definition) is 6. The Labute approximate surface area is 185 Å². The van der Waals surface area contributed by atoms with Gasteiger partial charge in [-0.05, 0) is 30.0 Å². The first-order chi connectivity index (χ1) is 15.5. The van der Waals surface area contributed by atoms with Crippen molar-refractivity contribution in [3.05, 3.63) is 70.3 Å². The Kier molecular flexibility index (Phi) is 5.94. The van der Waals surface area contributed by atoms with Crippen molar-refractivity contribution in [1.29, 1.82) is 0 Å². The summed E-state index contributed by atoms with van der Waals surface area (Å²) in [7, 11) is 3.02. The van der Waals surface area contributed by atoms with E-state index in [1.54, 1.807) is 13.3 Å². The van der Waals surface area contributed by atoms with Gasteiger partial charge in [0.15, 0.2) is 11.4 Å². The topological polar surface area (TPSA) is 106 Å². The molecule has 0 bridgehead atoms. The number of ether oxygens (including phenoxy) is 1. The van der Waals surface area contributed by atoms with Gasteiger partial charge in [0.05, 0.1) is 19.9 Å². The van der Waals surface area contributed by atoms with Gasteiger partial charge in [0, 0.05) is 30.3 Å². The Morgan fingerprint density at radius 1 is 1.16 bits per heavy atom. The van der Waals surface area contributed by atoms with E-state index < -0.39 is 17.1 Å². The van der Waals surface area contributed by atoms with E-state index in [1.165, 1.54) is 23.5 Å². The normalized spacial score (nSPS) is 14.8. The van der Waals surface area contributed by atoms with Gasteiger partial charge in [-0.1, -0.05) is 37.1 Å². The largest absolute Gasteiger partial charge is 0.503 e. The fourth-order valence-electron chi connectivity index (χ4n) is 4.46. The van der Waals surface area contributed by atoms with E-state index in [-0.39, 0.29) is 11.1 Å². The third-order valence-corrected chi connectivity index (χ3v) is 6.19. The van der Waals surface area contributed by atoms with Crippen LogP contribution in [0.2, 0.25) is 0 Å². The van der Waals surface area contributed by atoms with Crippen LogP contribution in [0.5, 0.6) is 11.6 Å². The van der Waals surface area contributed by atoms with Gasteiger partial charge in [-0.25, -0.2) is 4.98 Å². The molecule has 0 radical (unpaired) electrons. The van der Waals surface area contributed by atoms with Crippen molar-refractivity contribution in [3.63, 3.8) is 0 Å². The highest BCUT2D eigenvalue weighted by molar-refractivity contribution is 5.92. The first-order valence-corrected chi connectivity index (χ1v) is 10.6. The molecule has 2 N–H and O–H groups in total. The molecular weight excluding hydrogens is 408 g/mol. The Hall–Kier alpha value is -3.68. The van der Waals surface area contributed by atoms with Gasteiger partial charge >= 0.3 is 0 Å². The number of carbonyl (C=O) groups is 1. The molecule has 0 unspecified atom stereocenters. The minimum atomic E-state index is -0.765. The molecule has 32 heavy (non-hydrogen) atoms. The van der Waals surface area contributed by atoms with Crippen LogP contribution in [0.1, 0.15) is 41.7 Å². The summed E-state index contributed by atoms with van der Waals surface area (Å²) >= 11 is 0. The van der Waals surface area contributed by atoms with Crippen LogP contribution in [0.15, 0.2) is 53.6 Å². The highest BCUT2D eigenvalue weighted by atomic mass is 16.5. The number of hydrogen-bond donors (Lipinski definition) is 2. The molecule has 1 aliphatic carbocycles. The SMILES string of the molecule is CNC(=O)c1nn(CC2(c3ccc(-c4ccc(OC)nc4)cc3)CCCC2)cc(O)c1=O. The van der Waals surface area contributed by atoms with Gasteiger partial charge in [-0.15, -0.1) is 0 Å². The molecule has 8 nitrogen and oxygen atoms in total. The Balaban J connectivity index is 1.65. The molecule has 0 spiro atoms. The van der Waals surface area contributed by atoms with Gasteiger partial charge in [0.2, 0.25) is 5.88 Å². The van der Waals surface area contributed by atoms with Crippen LogP contribution in [-0.2, 0) is 12.0 Å². The summed E-state index contributed by atoms with van der Waals surface area (Å²) in [5.74, 6) is -0.519. The summed E-state index contributed by atoms with van der Waals surface area (Å²) < 4.78 is 6.65. The number of benzene rings is 1. The Morgan fingerprint density at radius 3 is 2.44 bits per heavy atom. The maximum absolute atomic E-state index is 12.1. The molecule has 166 valence electrons. The highest BCUT2D eigenvalue weighted by Crippen LogP contribution is 2.43. The second-order valence-corrected chi connectivity index (χ2v) is 8.12. The Morgan fingerprint density at radius 2 is 1.84 bits per heavy atom. The third-order valence-electron chi connectivity index (χ3n) is 6.19. The van der Waals surface area contributed by atoms with Crippen LogP contribution in [0, 0.1) is 0 Å². The molecule has 2 aromatic heterocycles. The van der Waals surface area contributed by atoms with Crippen LogP contribution in [-0.4, -0.2) is 39.9 Å². The van der Waals surface area contributed by atoms with Crippen LogP contribution in [0.25, 0.3) is 11.1 Å². The van der Waals surface area contributed by atoms with Crippen molar-refractivity contribution in [2.45, 2.75) is 37.6 Å². The first kappa shape index (κ1) is 21.5. The van der Waals surface area contributed by atoms with Crippen molar-refractivity contribution in [1.82, 2.24) is 20.1 Å². The van der Waals surface area contributed by atoms with Crippen molar-refractivity contribution in [2.24, 2.45) is 0 Å². The number of aromatic hydroxyl groups is 1. The van der Waals surface area contributed by atoms with E-state index in [1.807, 2.05) is 12.1 Å². The van der Waals surface area contributed by atoms with E-state index in [0.29, 0.717) is 12.4 Å². The Bertz CT molecular complexity index is 1160. The predicted molar refractivity (Wildman–Crippen MR) is 120 cm³/mol. The van der Waals surface area contributed by atoms with Gasteiger partial charge in [-0.2, -0.15) is 5.10 Å². The minimum absolute atomic E-state index is 0.189. The lowest BCUT2D eigenvalue weighted by Gasteiger charge is -2.30. The zero-order valence-corrected chi connectivity index (χ0v) is 18.2. The monoisotopic (exact) mass is 434 g/mol. The number of amides is 1. The second kappa shape index (κ2) is 8.82. The van der Waals surface area contributed by atoms with Crippen LogP contribution in [0.3, 0.4) is 0 Å². The molecule has 1 saturated carbocycles. The highest BCUT2D eigenvalue weighted by Gasteiger charge is 2.36. The average Bonchev–Trinajstić information content (AvgIpc) is 3.30. The third kappa shape index (κ3) is 4.08. The lowest BCUT2D eigenvalue weighted by atomic mass is 9.78. The van der Waals surface area contributed by atoms with Crippen LogP contribution in [0.4, 0.5) is 0 Å². The average molecular weight is 434 g/mol. The van der Waals surface area contributed by atoms with E-state index in [0.717, 1.165) is 36.8 Å². The fraction of sp³-hybridized carbons (Fsp3) is 0.333. The van der Waals surface area contributed by atoms with Gasteiger partial charge in [0.25, 0.3) is 11.3 Å². The van der Waals surface area contributed by atoms with E-state index in [2.05, 4.69) is 39.7 Å². The number of carbonyl (C=O) groups excluding carboxylic acids is 1. The molecule has 2 heterocycles. The van der Waals surface area contributed by atoms with Gasteiger partial charge < -0.3 is 15.2 Å². The van der Waals surface area contributed by atoms with E-state index in [4.69, 9.17) is 4.74 Å². The number of aromatic nitrogens is 3. The lowest BCUT2D eigenvalue weighted by molar-refractivity contribution is 0.0953. The minimum Gasteiger partial charge on any atom is -0.503 e. The summed E-state index contributed by atoms with van der Waals surface area (Å²) in [5, 5.41) is 16.7. The molecule has 8 heteroatoms. The molecule has 1 aromatic carbocycles. The zero-order valence-electron chi connectivity index (χ0n) is 18.2. The van der Waals surface area contributed by atoms with Crippen molar-refractivity contribution in [3.8, 4) is 22.8 Å². The smallest absolute Gasteiger partial charge is 0.275 e. The summed E-state index contributed by atoms with van der Waals surface area (Å²) in [6.07, 6.45) is 7.18. The first-order valence-electron chi connectivity index (χ1n) is 10.6. The van der Waals surface area contributed by atoms with Crippen molar-refractivity contribution in [2.75, 3.05) is 14.2 Å². The fourth-order valence-corrected chi connectivity index (χ4v) is 4.46. The van der Waals surface area contributed by atoms with Gasteiger partial charge in [-0.3, -0.25) is 14.3 Å². The lowest BCUT2D eigenvalue weighted by Crippen LogP contribution is -2.33. The second-order valence-electron chi connectivity index (χ2n) is 8.12. The molecule has 1 amide bonds. The summed E-state index contributed by atoms with van der Waals surface area (Å²) in [4.78, 5) is 28.4.